The summed E-state index contributed by atoms with van der Waals surface area (Å²) < 4.78 is 0. The number of benzene rings is 1. The molecule has 0 aliphatic carbocycles. The molecule has 1 aromatic heterocycles. The highest BCUT2D eigenvalue weighted by molar-refractivity contribution is 6.32. The van der Waals surface area contributed by atoms with Crippen molar-refractivity contribution in [1.29, 1.82) is 0 Å². The van der Waals surface area contributed by atoms with Crippen LogP contribution in [-0.2, 0) is 0 Å². The Balaban J connectivity index is 2.81. The first-order valence-corrected chi connectivity index (χ1v) is 4.31. The third kappa shape index (κ3) is 1.53. The minimum atomic E-state index is 0.217. The molecule has 13 heavy (non-hydrogen) atoms. The zero-order valence-corrected chi connectivity index (χ0v) is 7.97. The van der Waals surface area contributed by atoms with Gasteiger partial charge in [-0.2, -0.15) is 0 Å². The summed E-state index contributed by atoms with van der Waals surface area (Å²) in [6.07, 6.45) is 0. The van der Waals surface area contributed by atoms with Crippen LogP contribution in [0, 0.1) is 0 Å². The molecule has 0 radical (unpaired) electrons. The largest absolute Gasteiger partial charge is 0.381 e. The molecule has 0 unspecified atom stereocenters. The summed E-state index contributed by atoms with van der Waals surface area (Å²) in [5.74, 6) is 0.219. The smallest absolute Gasteiger partial charge is 0.171 e. The lowest BCUT2D eigenvalue weighted by Gasteiger charge is -2.00. The Bertz CT molecular complexity index is 470. The van der Waals surface area contributed by atoms with Gasteiger partial charge < -0.3 is 5.73 Å². The van der Waals surface area contributed by atoms with Crippen molar-refractivity contribution < 1.29 is 0 Å². The van der Waals surface area contributed by atoms with Crippen LogP contribution in [0.1, 0.15) is 0 Å². The van der Waals surface area contributed by atoms with Gasteiger partial charge in [0.2, 0.25) is 0 Å². The minimum absolute atomic E-state index is 0.217. The van der Waals surface area contributed by atoms with Gasteiger partial charge in [0.15, 0.2) is 11.0 Å². The number of fused-ring (bicyclic) bond motifs is 1. The fourth-order valence-corrected chi connectivity index (χ4v) is 1.32. The summed E-state index contributed by atoms with van der Waals surface area (Å²) >= 11 is 11.5. The fraction of sp³-hybridized carbons (Fsp3) is 0. The Kier molecular flexibility index (Phi) is 1.98. The van der Waals surface area contributed by atoms with Crippen molar-refractivity contribution in [2.75, 3.05) is 5.73 Å². The maximum atomic E-state index is 5.77. The second-order valence-electron chi connectivity index (χ2n) is 2.53. The Morgan fingerprint density at radius 2 is 1.85 bits per heavy atom. The average molecular weight is 214 g/mol. The standard InChI is InChI=1S/C8H5Cl2N3/c9-4-1-2-5-6(3-4)13-8(11)7(10)12-5/h1-3H,(H2,11,13). The number of aromatic nitrogens is 2. The van der Waals surface area contributed by atoms with E-state index < -0.39 is 0 Å². The van der Waals surface area contributed by atoms with E-state index in [1.54, 1.807) is 18.2 Å². The Morgan fingerprint density at radius 1 is 1.08 bits per heavy atom. The van der Waals surface area contributed by atoms with Crippen LogP contribution >= 0.6 is 23.2 Å². The molecule has 1 heterocycles. The SMILES string of the molecule is Nc1nc2cc(Cl)ccc2nc1Cl. The molecule has 2 rings (SSSR count). The van der Waals surface area contributed by atoms with Crippen molar-refractivity contribution in [3.8, 4) is 0 Å². The lowest BCUT2D eigenvalue weighted by molar-refractivity contribution is 1.30. The van der Waals surface area contributed by atoms with Crippen molar-refractivity contribution >= 4 is 40.1 Å². The molecular formula is C8H5Cl2N3. The van der Waals surface area contributed by atoms with Crippen LogP contribution in [0.5, 0.6) is 0 Å². The van der Waals surface area contributed by atoms with Gasteiger partial charge in [-0.25, -0.2) is 9.97 Å². The highest BCUT2D eigenvalue weighted by Crippen LogP contribution is 2.21. The van der Waals surface area contributed by atoms with Crippen LogP contribution in [0.25, 0.3) is 11.0 Å². The molecule has 1 aromatic carbocycles. The molecule has 66 valence electrons. The third-order valence-electron chi connectivity index (χ3n) is 1.61. The third-order valence-corrected chi connectivity index (χ3v) is 2.12. The predicted molar refractivity (Wildman–Crippen MR) is 54.0 cm³/mol. The van der Waals surface area contributed by atoms with Gasteiger partial charge in [-0.3, -0.25) is 0 Å². The van der Waals surface area contributed by atoms with Crippen LogP contribution in [-0.4, -0.2) is 9.97 Å². The molecule has 2 N–H and O–H groups in total. The first-order valence-electron chi connectivity index (χ1n) is 3.55. The number of hydrogen-bond acceptors (Lipinski definition) is 3. The first kappa shape index (κ1) is 8.53. The van der Waals surface area contributed by atoms with E-state index in [9.17, 15) is 0 Å². The zero-order valence-electron chi connectivity index (χ0n) is 6.46. The molecule has 0 aliphatic rings. The quantitative estimate of drug-likeness (QED) is 0.732. The Morgan fingerprint density at radius 3 is 2.62 bits per heavy atom. The maximum Gasteiger partial charge on any atom is 0.171 e. The van der Waals surface area contributed by atoms with E-state index >= 15 is 0 Å². The summed E-state index contributed by atoms with van der Waals surface area (Å²) in [4.78, 5) is 8.07. The van der Waals surface area contributed by atoms with E-state index in [4.69, 9.17) is 28.9 Å². The van der Waals surface area contributed by atoms with Gasteiger partial charge in [-0.05, 0) is 18.2 Å². The van der Waals surface area contributed by atoms with Gasteiger partial charge in [-0.1, -0.05) is 23.2 Å². The van der Waals surface area contributed by atoms with Crippen LogP contribution < -0.4 is 5.73 Å². The number of nitrogen functional groups attached to an aromatic ring is 1. The van der Waals surface area contributed by atoms with Gasteiger partial charge in [0, 0.05) is 5.02 Å². The van der Waals surface area contributed by atoms with Crippen LogP contribution in [0.2, 0.25) is 10.2 Å². The van der Waals surface area contributed by atoms with Crippen LogP contribution in [0.4, 0.5) is 5.82 Å². The summed E-state index contributed by atoms with van der Waals surface area (Å²) in [7, 11) is 0. The zero-order chi connectivity index (χ0) is 9.42. The molecule has 0 saturated heterocycles. The van der Waals surface area contributed by atoms with E-state index in [0.717, 1.165) is 0 Å². The molecule has 5 heteroatoms. The fourth-order valence-electron chi connectivity index (χ4n) is 1.02. The number of nitrogens with zero attached hydrogens (tertiary/aromatic N) is 2. The molecule has 3 nitrogen and oxygen atoms in total. The van der Waals surface area contributed by atoms with E-state index in [1.165, 1.54) is 0 Å². The van der Waals surface area contributed by atoms with Crippen molar-refractivity contribution in [2.45, 2.75) is 0 Å². The van der Waals surface area contributed by atoms with Gasteiger partial charge in [0.1, 0.15) is 0 Å². The predicted octanol–water partition coefficient (Wildman–Crippen LogP) is 2.52. The number of anilines is 1. The number of halogens is 2. The molecule has 0 bridgehead atoms. The number of hydrogen-bond donors (Lipinski definition) is 1. The molecule has 0 saturated carbocycles. The molecule has 0 aliphatic heterocycles. The summed E-state index contributed by atoms with van der Waals surface area (Å²) in [6, 6.07) is 5.16. The molecule has 0 fully saturated rings. The normalized spacial score (nSPS) is 10.6. The number of rotatable bonds is 0. The van der Waals surface area contributed by atoms with Crippen LogP contribution in [0.15, 0.2) is 18.2 Å². The lowest BCUT2D eigenvalue weighted by Crippen LogP contribution is -1.94. The summed E-state index contributed by atoms with van der Waals surface area (Å²) in [5.41, 5.74) is 6.82. The van der Waals surface area contributed by atoms with E-state index in [1.807, 2.05) is 0 Å². The highest BCUT2D eigenvalue weighted by Gasteiger charge is 2.03. The summed E-state index contributed by atoms with van der Waals surface area (Å²) in [5, 5.41) is 0.818. The van der Waals surface area contributed by atoms with E-state index in [2.05, 4.69) is 9.97 Å². The number of nitrogens with two attached hydrogens (primary N) is 1. The second kappa shape index (κ2) is 3.01. The molecule has 0 spiro atoms. The van der Waals surface area contributed by atoms with Crippen molar-refractivity contribution in [2.24, 2.45) is 0 Å². The van der Waals surface area contributed by atoms with Gasteiger partial charge in [0.05, 0.1) is 11.0 Å². The molecule has 2 aromatic rings. The lowest BCUT2D eigenvalue weighted by atomic mass is 10.3. The molecular weight excluding hydrogens is 209 g/mol. The van der Waals surface area contributed by atoms with Gasteiger partial charge in [-0.15, -0.1) is 0 Å². The van der Waals surface area contributed by atoms with E-state index in [0.29, 0.717) is 16.1 Å². The molecule has 0 amide bonds. The maximum absolute atomic E-state index is 5.77. The first-order chi connectivity index (χ1) is 6.16. The monoisotopic (exact) mass is 213 g/mol. The Labute approximate surface area is 84.5 Å². The molecule has 0 atom stereocenters. The van der Waals surface area contributed by atoms with Crippen molar-refractivity contribution in [1.82, 2.24) is 9.97 Å². The van der Waals surface area contributed by atoms with Gasteiger partial charge in [0.25, 0.3) is 0 Å². The minimum Gasteiger partial charge on any atom is -0.381 e. The summed E-state index contributed by atoms with van der Waals surface area (Å²) in [6.45, 7) is 0. The average Bonchev–Trinajstić information content (AvgIpc) is 2.08. The van der Waals surface area contributed by atoms with Crippen molar-refractivity contribution in [3.63, 3.8) is 0 Å². The van der Waals surface area contributed by atoms with E-state index in [-0.39, 0.29) is 11.0 Å². The Hall–Kier alpha value is -1.06. The van der Waals surface area contributed by atoms with Crippen molar-refractivity contribution in [3.05, 3.63) is 28.4 Å². The van der Waals surface area contributed by atoms with Crippen LogP contribution in [0.3, 0.4) is 0 Å². The topological polar surface area (TPSA) is 51.8 Å². The highest BCUT2D eigenvalue weighted by atomic mass is 35.5. The second-order valence-corrected chi connectivity index (χ2v) is 3.33. The van der Waals surface area contributed by atoms with Gasteiger partial charge >= 0.3 is 0 Å².